The van der Waals surface area contributed by atoms with Crippen LogP contribution in [0.15, 0.2) is 12.1 Å². The van der Waals surface area contributed by atoms with E-state index >= 15 is 0 Å². The van der Waals surface area contributed by atoms with Crippen molar-refractivity contribution in [2.75, 3.05) is 11.9 Å². The third-order valence-electron chi connectivity index (χ3n) is 2.13. The molecule has 106 valence electrons. The molecule has 0 fully saturated rings. The second-order valence-electron chi connectivity index (χ2n) is 3.68. The average molecular weight is 297 g/mol. The van der Waals surface area contributed by atoms with Gasteiger partial charge in [-0.15, -0.1) is 0 Å². The van der Waals surface area contributed by atoms with Crippen LogP contribution in [0.5, 0.6) is 0 Å². The molecule has 0 spiro atoms. The molecule has 1 aromatic heterocycles. The molecular formula is C11H12ClF3N2O2. The summed E-state index contributed by atoms with van der Waals surface area (Å²) in [5.74, 6) is -0.724. The van der Waals surface area contributed by atoms with Crippen molar-refractivity contribution in [3.05, 3.63) is 22.8 Å². The van der Waals surface area contributed by atoms with E-state index in [1.165, 1.54) is 6.92 Å². The third-order valence-corrected chi connectivity index (χ3v) is 2.32. The highest BCUT2D eigenvalue weighted by Gasteiger charge is 2.31. The number of nitrogens with one attached hydrogen (secondary N) is 1. The molecule has 1 aromatic rings. The molecule has 19 heavy (non-hydrogen) atoms. The van der Waals surface area contributed by atoms with Crippen molar-refractivity contribution in [1.29, 1.82) is 0 Å². The first-order chi connectivity index (χ1) is 8.74. The molecule has 0 radical (unpaired) electrons. The van der Waals surface area contributed by atoms with E-state index in [-0.39, 0.29) is 17.6 Å². The molecule has 0 saturated heterocycles. The van der Waals surface area contributed by atoms with E-state index in [2.05, 4.69) is 10.3 Å². The Balaban J connectivity index is 2.90. The number of pyridine rings is 1. The normalized spacial score (nSPS) is 12.9. The molecule has 1 N–H and O–H groups in total. The fourth-order valence-electron chi connectivity index (χ4n) is 1.28. The summed E-state index contributed by atoms with van der Waals surface area (Å²) in [6, 6.07) is 0.663. The molecule has 0 aromatic carbocycles. The van der Waals surface area contributed by atoms with Crippen molar-refractivity contribution >= 4 is 23.4 Å². The summed E-state index contributed by atoms with van der Waals surface area (Å²) in [7, 11) is 0. The van der Waals surface area contributed by atoms with Crippen LogP contribution >= 0.6 is 11.6 Å². The van der Waals surface area contributed by atoms with Crippen LogP contribution < -0.4 is 5.32 Å². The second kappa shape index (κ2) is 6.10. The van der Waals surface area contributed by atoms with Gasteiger partial charge in [0.25, 0.3) is 0 Å². The predicted molar refractivity (Wildman–Crippen MR) is 64.0 cm³/mol. The number of rotatable bonds is 4. The minimum Gasteiger partial charge on any atom is -0.464 e. The molecule has 0 aliphatic rings. The van der Waals surface area contributed by atoms with Crippen LogP contribution in [0.25, 0.3) is 0 Å². The predicted octanol–water partition coefficient (Wildman–Crippen LogP) is 3.12. The standard InChI is InChI=1S/C11H12ClF3N2O2/c1-3-19-10(18)6(2)16-9-5-7(11(13,14)15)4-8(12)17-9/h4-6H,3H2,1-2H3,(H,16,17). The largest absolute Gasteiger partial charge is 0.464 e. The lowest BCUT2D eigenvalue weighted by atomic mass is 10.2. The summed E-state index contributed by atoms with van der Waals surface area (Å²) in [5.41, 5.74) is -0.939. The number of hydrogen-bond acceptors (Lipinski definition) is 4. The molecule has 4 nitrogen and oxygen atoms in total. The maximum absolute atomic E-state index is 12.6. The summed E-state index contributed by atoms with van der Waals surface area (Å²) < 4.78 is 42.4. The zero-order valence-electron chi connectivity index (χ0n) is 10.2. The number of esters is 1. The highest BCUT2D eigenvalue weighted by atomic mass is 35.5. The van der Waals surface area contributed by atoms with E-state index < -0.39 is 23.8 Å². The van der Waals surface area contributed by atoms with Crippen LogP contribution in [0.1, 0.15) is 19.4 Å². The van der Waals surface area contributed by atoms with Gasteiger partial charge < -0.3 is 10.1 Å². The van der Waals surface area contributed by atoms with Gasteiger partial charge in [-0.05, 0) is 26.0 Å². The Morgan fingerprint density at radius 3 is 2.68 bits per heavy atom. The van der Waals surface area contributed by atoms with E-state index in [9.17, 15) is 18.0 Å². The van der Waals surface area contributed by atoms with Gasteiger partial charge in [0.15, 0.2) is 0 Å². The van der Waals surface area contributed by atoms with Crippen LogP contribution in [-0.4, -0.2) is 23.6 Å². The molecule has 0 aliphatic carbocycles. The molecule has 1 atom stereocenters. The van der Waals surface area contributed by atoms with Gasteiger partial charge in [0.2, 0.25) is 0 Å². The number of anilines is 1. The first-order valence-electron chi connectivity index (χ1n) is 5.42. The van der Waals surface area contributed by atoms with Crippen LogP contribution in [0.4, 0.5) is 19.0 Å². The van der Waals surface area contributed by atoms with Gasteiger partial charge >= 0.3 is 12.1 Å². The topological polar surface area (TPSA) is 51.2 Å². The van der Waals surface area contributed by atoms with E-state index in [1.54, 1.807) is 6.92 Å². The molecular weight excluding hydrogens is 285 g/mol. The van der Waals surface area contributed by atoms with E-state index in [4.69, 9.17) is 16.3 Å². The van der Waals surface area contributed by atoms with Crippen molar-refractivity contribution in [3.63, 3.8) is 0 Å². The summed E-state index contributed by atoms with van der Waals surface area (Å²) in [5, 5.41) is 2.20. The van der Waals surface area contributed by atoms with Crippen molar-refractivity contribution in [1.82, 2.24) is 4.98 Å². The van der Waals surface area contributed by atoms with E-state index in [1.807, 2.05) is 0 Å². The molecule has 0 aliphatic heterocycles. The maximum Gasteiger partial charge on any atom is 0.416 e. The van der Waals surface area contributed by atoms with Crippen LogP contribution in [0.2, 0.25) is 5.15 Å². The highest BCUT2D eigenvalue weighted by Crippen LogP contribution is 2.32. The molecule has 0 bridgehead atoms. The molecule has 0 amide bonds. The lowest BCUT2D eigenvalue weighted by molar-refractivity contribution is -0.143. The monoisotopic (exact) mass is 296 g/mol. The Hall–Kier alpha value is -1.50. The fourth-order valence-corrected chi connectivity index (χ4v) is 1.49. The Morgan fingerprint density at radius 2 is 2.16 bits per heavy atom. The minimum atomic E-state index is -4.53. The van der Waals surface area contributed by atoms with Gasteiger partial charge in [-0.2, -0.15) is 13.2 Å². The van der Waals surface area contributed by atoms with Crippen LogP contribution in [-0.2, 0) is 15.7 Å². The summed E-state index contributed by atoms with van der Waals surface area (Å²) in [4.78, 5) is 15.0. The zero-order chi connectivity index (χ0) is 14.6. The Bertz CT molecular complexity index is 466. The smallest absolute Gasteiger partial charge is 0.416 e. The first kappa shape index (κ1) is 15.6. The second-order valence-corrected chi connectivity index (χ2v) is 4.07. The van der Waals surface area contributed by atoms with Crippen molar-refractivity contribution in [2.24, 2.45) is 0 Å². The minimum absolute atomic E-state index is 0.139. The number of hydrogen-bond donors (Lipinski definition) is 1. The lowest BCUT2D eigenvalue weighted by Gasteiger charge is -2.15. The first-order valence-corrected chi connectivity index (χ1v) is 5.79. The van der Waals surface area contributed by atoms with Gasteiger partial charge in [-0.25, -0.2) is 9.78 Å². The lowest BCUT2D eigenvalue weighted by Crippen LogP contribution is -2.28. The number of halogens is 4. The SMILES string of the molecule is CCOC(=O)C(C)Nc1cc(C(F)(F)F)cc(Cl)n1. The quantitative estimate of drug-likeness (QED) is 0.685. The average Bonchev–Trinajstić information content (AvgIpc) is 2.27. The van der Waals surface area contributed by atoms with Crippen LogP contribution in [0.3, 0.4) is 0 Å². The molecule has 0 saturated carbocycles. The highest BCUT2D eigenvalue weighted by molar-refractivity contribution is 6.29. The van der Waals surface area contributed by atoms with Crippen molar-refractivity contribution in [2.45, 2.75) is 26.1 Å². The third kappa shape index (κ3) is 4.59. The zero-order valence-corrected chi connectivity index (χ0v) is 11.0. The maximum atomic E-state index is 12.6. The number of nitrogens with zero attached hydrogens (tertiary/aromatic N) is 1. The van der Waals surface area contributed by atoms with Crippen LogP contribution in [0, 0.1) is 0 Å². The Labute approximate surface area is 112 Å². The summed E-state index contributed by atoms with van der Waals surface area (Å²) >= 11 is 5.51. The van der Waals surface area contributed by atoms with E-state index in [0.29, 0.717) is 6.07 Å². The molecule has 1 unspecified atom stereocenters. The van der Waals surface area contributed by atoms with Gasteiger partial charge in [0.1, 0.15) is 17.0 Å². The molecule has 8 heteroatoms. The fraction of sp³-hybridized carbons (Fsp3) is 0.455. The van der Waals surface area contributed by atoms with Crippen molar-refractivity contribution in [3.8, 4) is 0 Å². The van der Waals surface area contributed by atoms with Gasteiger partial charge in [-0.3, -0.25) is 0 Å². The number of carbonyl (C=O) groups excluding carboxylic acids is 1. The van der Waals surface area contributed by atoms with Gasteiger partial charge in [0, 0.05) is 0 Å². The number of carbonyl (C=O) groups is 1. The number of aromatic nitrogens is 1. The summed E-state index contributed by atoms with van der Waals surface area (Å²) in [6.07, 6.45) is -4.53. The Morgan fingerprint density at radius 1 is 1.53 bits per heavy atom. The number of alkyl halides is 3. The van der Waals surface area contributed by atoms with Gasteiger partial charge in [0.05, 0.1) is 12.2 Å². The van der Waals surface area contributed by atoms with Gasteiger partial charge in [-0.1, -0.05) is 11.6 Å². The van der Waals surface area contributed by atoms with Crippen molar-refractivity contribution < 1.29 is 22.7 Å². The Kier molecular flexibility index (Phi) is 4.99. The summed E-state index contributed by atoms with van der Waals surface area (Å²) in [6.45, 7) is 3.26. The number of ether oxygens (including phenoxy) is 1. The van der Waals surface area contributed by atoms with E-state index in [0.717, 1.165) is 6.07 Å². The molecule has 1 heterocycles. The molecule has 1 rings (SSSR count).